The monoisotopic (exact) mass is 559 g/mol. The summed E-state index contributed by atoms with van der Waals surface area (Å²) in [7, 11) is 1.70. The van der Waals surface area contributed by atoms with Crippen LogP contribution in [0.2, 0.25) is 0 Å². The molecule has 2 heterocycles. The molecule has 0 saturated carbocycles. The van der Waals surface area contributed by atoms with Gasteiger partial charge in [-0.15, -0.1) is 0 Å². The summed E-state index contributed by atoms with van der Waals surface area (Å²) in [4.78, 5) is 29.1. The molecule has 0 radical (unpaired) electrons. The quantitative estimate of drug-likeness (QED) is 0.480. The molecule has 5 atom stereocenters. The molecule has 0 unspecified atom stereocenters. The van der Waals surface area contributed by atoms with Gasteiger partial charge in [-0.2, -0.15) is 0 Å². The Morgan fingerprint density at radius 3 is 2.66 bits per heavy atom. The second kappa shape index (κ2) is 13.7. The molecule has 1 aliphatic carbocycles. The Labute approximate surface area is 244 Å². The van der Waals surface area contributed by atoms with Gasteiger partial charge in [0.15, 0.2) is 0 Å². The zero-order valence-electron chi connectivity index (χ0n) is 24.7. The van der Waals surface area contributed by atoms with Crippen molar-refractivity contribution in [2.24, 2.45) is 11.8 Å². The summed E-state index contributed by atoms with van der Waals surface area (Å²) in [6, 6.07) is 16.1. The van der Waals surface area contributed by atoms with Gasteiger partial charge in [-0.1, -0.05) is 62.4 Å². The van der Waals surface area contributed by atoms with Crippen LogP contribution in [-0.4, -0.2) is 55.6 Å². The number of amides is 2. The average Bonchev–Trinajstić information content (AvgIpc) is 3.49. The van der Waals surface area contributed by atoms with Crippen molar-refractivity contribution >= 4 is 11.8 Å². The van der Waals surface area contributed by atoms with Crippen LogP contribution >= 0.6 is 0 Å². The third-order valence-electron chi connectivity index (χ3n) is 8.73. The first-order chi connectivity index (χ1) is 19.9. The molecular formula is C34H45N3O4. The number of hydrogen-bond acceptors (Lipinski definition) is 5. The van der Waals surface area contributed by atoms with Crippen LogP contribution in [0, 0.1) is 11.8 Å². The summed E-state index contributed by atoms with van der Waals surface area (Å²) in [5.41, 5.74) is 3.61. The second-order valence-corrected chi connectivity index (χ2v) is 12.1. The van der Waals surface area contributed by atoms with Gasteiger partial charge < -0.3 is 25.0 Å². The Bertz CT molecular complexity index is 1210. The molecule has 41 heavy (non-hydrogen) atoms. The largest absolute Gasteiger partial charge is 0.497 e. The van der Waals surface area contributed by atoms with E-state index in [2.05, 4.69) is 48.7 Å². The van der Waals surface area contributed by atoms with Gasteiger partial charge in [0.1, 0.15) is 11.8 Å². The summed E-state index contributed by atoms with van der Waals surface area (Å²) >= 11 is 0. The van der Waals surface area contributed by atoms with E-state index in [0.717, 1.165) is 44.4 Å². The van der Waals surface area contributed by atoms with Crippen LogP contribution in [0.5, 0.6) is 5.75 Å². The molecule has 2 aromatic rings. The Balaban J connectivity index is 1.38. The number of nitrogens with zero attached hydrogens (tertiary/aromatic N) is 1. The van der Waals surface area contributed by atoms with Crippen LogP contribution in [0.4, 0.5) is 0 Å². The van der Waals surface area contributed by atoms with E-state index in [9.17, 15) is 9.59 Å². The highest BCUT2D eigenvalue weighted by atomic mass is 16.5. The Morgan fingerprint density at radius 2 is 1.88 bits per heavy atom. The third-order valence-corrected chi connectivity index (χ3v) is 8.73. The average molecular weight is 560 g/mol. The van der Waals surface area contributed by atoms with E-state index >= 15 is 0 Å². The first kappa shape index (κ1) is 29.3. The van der Waals surface area contributed by atoms with Gasteiger partial charge >= 0.3 is 0 Å². The van der Waals surface area contributed by atoms with Crippen molar-refractivity contribution in [3.8, 4) is 5.75 Å². The fraction of sp³-hybridized carbons (Fsp3) is 0.529. The summed E-state index contributed by atoms with van der Waals surface area (Å²) in [6.07, 6.45) is 8.53. The van der Waals surface area contributed by atoms with E-state index in [4.69, 9.17) is 9.47 Å². The molecule has 0 spiro atoms. The van der Waals surface area contributed by atoms with Crippen LogP contribution in [-0.2, 0) is 20.7 Å². The summed E-state index contributed by atoms with van der Waals surface area (Å²) in [6.45, 7) is 6.14. The van der Waals surface area contributed by atoms with E-state index in [1.165, 1.54) is 16.7 Å². The normalized spacial score (nSPS) is 27.3. The minimum atomic E-state index is -0.517. The van der Waals surface area contributed by atoms with Gasteiger partial charge in [0.05, 0.1) is 19.8 Å². The molecule has 2 aromatic carbocycles. The van der Waals surface area contributed by atoms with Crippen LogP contribution < -0.4 is 15.4 Å². The molecule has 5 rings (SSSR count). The Kier molecular flexibility index (Phi) is 9.78. The highest BCUT2D eigenvalue weighted by Gasteiger charge is 2.39. The van der Waals surface area contributed by atoms with Crippen LogP contribution in [0.15, 0.2) is 60.7 Å². The smallest absolute Gasteiger partial charge is 0.243 e. The van der Waals surface area contributed by atoms with Gasteiger partial charge in [-0.05, 0) is 79.8 Å². The molecule has 0 aromatic heterocycles. The van der Waals surface area contributed by atoms with Gasteiger partial charge in [0, 0.05) is 24.5 Å². The van der Waals surface area contributed by atoms with Crippen molar-refractivity contribution in [3.63, 3.8) is 0 Å². The topological polar surface area (TPSA) is 79.9 Å². The number of benzene rings is 2. The van der Waals surface area contributed by atoms with Gasteiger partial charge in [0.2, 0.25) is 11.8 Å². The van der Waals surface area contributed by atoms with E-state index in [1.54, 1.807) is 7.11 Å². The van der Waals surface area contributed by atoms with Gasteiger partial charge in [-0.25, -0.2) is 0 Å². The third kappa shape index (κ3) is 7.19. The molecule has 2 aliphatic heterocycles. The Morgan fingerprint density at radius 1 is 1.05 bits per heavy atom. The predicted octanol–water partition coefficient (Wildman–Crippen LogP) is 5.13. The zero-order chi connectivity index (χ0) is 28.8. The van der Waals surface area contributed by atoms with E-state index in [-0.39, 0.29) is 35.9 Å². The first-order valence-corrected chi connectivity index (χ1v) is 15.3. The molecule has 3 aliphatic rings. The molecule has 2 bridgehead atoms. The molecular weight excluding hydrogens is 514 g/mol. The Hall–Kier alpha value is -3.16. The fourth-order valence-electron chi connectivity index (χ4n) is 6.65. The van der Waals surface area contributed by atoms with Crippen LogP contribution in [0.3, 0.4) is 0 Å². The van der Waals surface area contributed by atoms with Crippen LogP contribution in [0.25, 0.3) is 0 Å². The second-order valence-electron chi connectivity index (χ2n) is 12.1. The van der Waals surface area contributed by atoms with Crippen molar-refractivity contribution in [2.45, 2.75) is 76.6 Å². The SMILES string of the molecule is COc1ccc2c(c1)[C@@H]1C[C@H]2OCC=CC[C@H](N2CC[C@H](CC(C)C)C2=O)C(=O)N[C@@H](Cc2ccccc2)CCN1. The molecule has 1 saturated heterocycles. The lowest BCUT2D eigenvalue weighted by Gasteiger charge is -2.29. The van der Waals surface area contributed by atoms with Crippen molar-refractivity contribution < 1.29 is 19.1 Å². The lowest BCUT2D eigenvalue weighted by molar-refractivity contribution is -0.139. The molecule has 2 amide bonds. The molecule has 7 heteroatoms. The standard InChI is InChI=1S/C34H45N3O4/c1-23(2)19-25-15-17-37(34(25)39)31-11-7-8-18-41-32-22-30(29-21-27(40-3)12-13-28(29)32)35-16-14-26(36-33(31)38)20-24-9-5-4-6-10-24/h4-10,12-13,21,23,25-26,30-32,35H,11,14-20,22H2,1-3H3,(H,36,38)/t25-,26-,30+,31+,32-/m1/s1. The maximum Gasteiger partial charge on any atom is 0.243 e. The number of likely N-dealkylation sites (tertiary alicyclic amines) is 1. The van der Waals surface area contributed by atoms with Gasteiger partial charge in [0.25, 0.3) is 0 Å². The van der Waals surface area contributed by atoms with Crippen LogP contribution in [0.1, 0.15) is 74.8 Å². The minimum absolute atomic E-state index is 0.00388. The zero-order valence-corrected chi connectivity index (χ0v) is 24.7. The lowest BCUT2D eigenvalue weighted by Crippen LogP contribution is -2.51. The molecule has 2 N–H and O–H groups in total. The number of carbonyl (C=O) groups excluding carboxylic acids is 2. The number of nitrogens with one attached hydrogen (secondary N) is 2. The molecule has 7 nitrogen and oxygen atoms in total. The van der Waals surface area contributed by atoms with Crippen molar-refractivity contribution in [1.82, 2.24) is 15.5 Å². The molecule has 220 valence electrons. The van der Waals surface area contributed by atoms with E-state index in [1.807, 2.05) is 41.3 Å². The van der Waals surface area contributed by atoms with E-state index < -0.39 is 6.04 Å². The maximum atomic E-state index is 13.9. The summed E-state index contributed by atoms with van der Waals surface area (Å²) < 4.78 is 11.8. The van der Waals surface area contributed by atoms with Crippen molar-refractivity contribution in [2.75, 3.05) is 26.8 Å². The minimum Gasteiger partial charge on any atom is -0.497 e. The number of hydrogen-bond donors (Lipinski definition) is 2. The number of fused-ring (bicyclic) bond motifs is 5. The number of ether oxygens (including phenoxy) is 2. The molecule has 1 fully saturated rings. The fourth-order valence-corrected chi connectivity index (χ4v) is 6.65. The highest BCUT2D eigenvalue weighted by molar-refractivity contribution is 5.90. The maximum absolute atomic E-state index is 13.9. The summed E-state index contributed by atoms with van der Waals surface area (Å²) in [5.74, 6) is 1.35. The summed E-state index contributed by atoms with van der Waals surface area (Å²) in [5, 5.41) is 7.11. The highest BCUT2D eigenvalue weighted by Crippen LogP contribution is 2.42. The van der Waals surface area contributed by atoms with Crippen molar-refractivity contribution in [3.05, 3.63) is 77.4 Å². The van der Waals surface area contributed by atoms with E-state index in [0.29, 0.717) is 25.5 Å². The number of rotatable bonds is 6. The van der Waals surface area contributed by atoms with Crippen molar-refractivity contribution in [1.29, 1.82) is 0 Å². The van der Waals surface area contributed by atoms with Gasteiger partial charge in [-0.3, -0.25) is 9.59 Å². The lowest BCUT2D eigenvalue weighted by atomic mass is 9.96. The predicted molar refractivity (Wildman–Crippen MR) is 161 cm³/mol. The first-order valence-electron chi connectivity index (χ1n) is 15.3. The number of methoxy groups -OCH3 is 1. The number of carbonyl (C=O) groups is 2.